The standard InChI is InChI=1S/C15H12ClN3O3S/c16-23(21,22)9-10-6-15(20)19(8-10)14-4-3-13-11(12(14)7-17)2-1-5-18-13/h1-5,10H,6,8-9H2. The number of carbonyl (C=O) groups is 1. The fourth-order valence-electron chi connectivity index (χ4n) is 2.89. The SMILES string of the molecule is N#Cc1c(N2CC(CS(=O)(=O)Cl)CC2=O)ccc2ncccc12. The molecule has 23 heavy (non-hydrogen) atoms. The maximum Gasteiger partial charge on any atom is 0.232 e. The number of hydrogen-bond donors (Lipinski definition) is 0. The minimum absolute atomic E-state index is 0.0991. The Morgan fingerprint density at radius 2 is 2.17 bits per heavy atom. The molecular weight excluding hydrogens is 338 g/mol. The average Bonchev–Trinajstić information content (AvgIpc) is 2.84. The summed E-state index contributed by atoms with van der Waals surface area (Å²) < 4.78 is 22.4. The van der Waals surface area contributed by atoms with Crippen LogP contribution in [-0.2, 0) is 13.8 Å². The number of nitriles is 1. The molecule has 1 aromatic carbocycles. The number of fused-ring (bicyclic) bond motifs is 1. The fourth-order valence-corrected chi connectivity index (χ4v) is 4.21. The molecule has 1 aliphatic heterocycles. The molecule has 0 N–H and O–H groups in total. The second-order valence-corrected chi connectivity index (χ2v) is 8.24. The van der Waals surface area contributed by atoms with Crippen LogP contribution < -0.4 is 4.90 Å². The topological polar surface area (TPSA) is 91.1 Å². The van der Waals surface area contributed by atoms with Crippen LogP contribution in [0.2, 0.25) is 0 Å². The second-order valence-electron chi connectivity index (χ2n) is 5.42. The van der Waals surface area contributed by atoms with E-state index in [1.54, 1.807) is 30.5 Å². The molecule has 8 heteroatoms. The van der Waals surface area contributed by atoms with Gasteiger partial charge in [-0.2, -0.15) is 5.26 Å². The Morgan fingerprint density at radius 3 is 2.87 bits per heavy atom. The smallest absolute Gasteiger partial charge is 0.232 e. The molecule has 1 fully saturated rings. The zero-order valence-electron chi connectivity index (χ0n) is 11.9. The Labute approximate surface area is 137 Å². The van der Waals surface area contributed by atoms with Gasteiger partial charge >= 0.3 is 0 Å². The molecule has 3 rings (SSSR count). The van der Waals surface area contributed by atoms with Gasteiger partial charge in [0.05, 0.1) is 22.5 Å². The van der Waals surface area contributed by atoms with Gasteiger partial charge in [-0.25, -0.2) is 8.42 Å². The molecule has 1 saturated heterocycles. The molecule has 1 unspecified atom stereocenters. The van der Waals surface area contributed by atoms with E-state index < -0.39 is 9.05 Å². The van der Waals surface area contributed by atoms with Crippen molar-refractivity contribution in [1.29, 1.82) is 5.26 Å². The van der Waals surface area contributed by atoms with Crippen LogP contribution in [0.4, 0.5) is 5.69 Å². The number of anilines is 1. The number of nitrogens with zero attached hydrogens (tertiary/aromatic N) is 3. The van der Waals surface area contributed by atoms with Gasteiger partial charge in [0.2, 0.25) is 15.0 Å². The lowest BCUT2D eigenvalue weighted by atomic mass is 10.1. The molecule has 1 aliphatic rings. The van der Waals surface area contributed by atoms with E-state index in [9.17, 15) is 18.5 Å². The third kappa shape index (κ3) is 3.14. The molecule has 118 valence electrons. The van der Waals surface area contributed by atoms with Crippen molar-refractivity contribution < 1.29 is 13.2 Å². The highest BCUT2D eigenvalue weighted by Crippen LogP contribution is 2.32. The number of hydrogen-bond acceptors (Lipinski definition) is 5. The van der Waals surface area contributed by atoms with Crippen LogP contribution in [0, 0.1) is 17.2 Å². The molecule has 0 bridgehead atoms. The minimum Gasteiger partial charge on any atom is -0.311 e. The molecular formula is C15H12ClN3O3S. The first-order valence-electron chi connectivity index (χ1n) is 6.89. The average molecular weight is 350 g/mol. The first kappa shape index (κ1) is 15.7. The summed E-state index contributed by atoms with van der Waals surface area (Å²) in [5.74, 6) is -0.843. The zero-order valence-corrected chi connectivity index (χ0v) is 13.5. The van der Waals surface area contributed by atoms with E-state index in [-0.39, 0.29) is 30.5 Å². The van der Waals surface area contributed by atoms with Gasteiger partial charge in [0, 0.05) is 41.1 Å². The molecule has 2 aromatic rings. The summed E-state index contributed by atoms with van der Waals surface area (Å²) in [4.78, 5) is 17.9. The van der Waals surface area contributed by atoms with E-state index >= 15 is 0 Å². The van der Waals surface area contributed by atoms with E-state index in [2.05, 4.69) is 11.1 Å². The van der Waals surface area contributed by atoms with Gasteiger partial charge in [-0.15, -0.1) is 0 Å². The maximum atomic E-state index is 12.2. The van der Waals surface area contributed by atoms with Crippen LogP contribution in [0.1, 0.15) is 12.0 Å². The first-order valence-corrected chi connectivity index (χ1v) is 9.37. The Morgan fingerprint density at radius 1 is 1.39 bits per heavy atom. The third-order valence-electron chi connectivity index (χ3n) is 3.81. The highest BCUT2D eigenvalue weighted by molar-refractivity contribution is 8.13. The maximum absolute atomic E-state index is 12.2. The second kappa shape index (κ2) is 5.80. The number of aromatic nitrogens is 1. The molecule has 1 atom stereocenters. The summed E-state index contributed by atoms with van der Waals surface area (Å²) in [6, 6.07) is 9.02. The van der Waals surface area contributed by atoms with Crippen molar-refractivity contribution in [3.8, 4) is 6.07 Å². The van der Waals surface area contributed by atoms with Crippen LogP contribution in [0.15, 0.2) is 30.5 Å². The van der Waals surface area contributed by atoms with Gasteiger partial charge in [0.25, 0.3) is 0 Å². The highest BCUT2D eigenvalue weighted by Gasteiger charge is 2.34. The highest BCUT2D eigenvalue weighted by atomic mass is 35.7. The predicted octanol–water partition coefficient (Wildman–Crippen LogP) is 2.03. The van der Waals surface area contributed by atoms with Crippen molar-refractivity contribution >= 4 is 42.2 Å². The number of rotatable bonds is 3. The van der Waals surface area contributed by atoms with E-state index in [1.165, 1.54) is 4.90 Å². The summed E-state index contributed by atoms with van der Waals surface area (Å²) in [6.45, 7) is 0.227. The molecule has 1 aromatic heterocycles. The van der Waals surface area contributed by atoms with E-state index in [1.807, 2.05) is 0 Å². The van der Waals surface area contributed by atoms with E-state index in [0.29, 0.717) is 22.2 Å². The Kier molecular flexibility index (Phi) is 3.96. The van der Waals surface area contributed by atoms with E-state index in [4.69, 9.17) is 10.7 Å². The summed E-state index contributed by atoms with van der Waals surface area (Å²) >= 11 is 0. The van der Waals surface area contributed by atoms with Crippen molar-refractivity contribution in [2.45, 2.75) is 6.42 Å². The van der Waals surface area contributed by atoms with Crippen LogP contribution in [-0.4, -0.2) is 31.6 Å². The van der Waals surface area contributed by atoms with Crippen molar-refractivity contribution in [3.05, 3.63) is 36.0 Å². The van der Waals surface area contributed by atoms with Gasteiger partial charge in [-0.3, -0.25) is 9.78 Å². The zero-order chi connectivity index (χ0) is 16.6. The van der Waals surface area contributed by atoms with Crippen molar-refractivity contribution in [3.63, 3.8) is 0 Å². The molecule has 0 saturated carbocycles. The van der Waals surface area contributed by atoms with Gasteiger partial charge in [-0.1, -0.05) is 0 Å². The number of pyridine rings is 1. The third-order valence-corrected chi connectivity index (χ3v) is 5.05. The summed E-state index contributed by atoms with van der Waals surface area (Å²) in [7, 11) is 1.60. The number of halogens is 1. The Balaban J connectivity index is 2.01. The van der Waals surface area contributed by atoms with Crippen molar-refractivity contribution in [2.24, 2.45) is 5.92 Å². The molecule has 0 spiro atoms. The quantitative estimate of drug-likeness (QED) is 0.791. The molecule has 0 aliphatic carbocycles. The lowest BCUT2D eigenvalue weighted by Crippen LogP contribution is -2.26. The Bertz CT molecular complexity index is 937. The Hall–Kier alpha value is -2.17. The molecule has 2 heterocycles. The number of amides is 1. The lowest BCUT2D eigenvalue weighted by molar-refractivity contribution is -0.117. The largest absolute Gasteiger partial charge is 0.311 e. The summed E-state index contributed by atoms with van der Waals surface area (Å²) in [5.41, 5.74) is 1.50. The van der Waals surface area contributed by atoms with Crippen LogP contribution in [0.25, 0.3) is 10.9 Å². The summed E-state index contributed by atoms with van der Waals surface area (Å²) in [6.07, 6.45) is 1.73. The minimum atomic E-state index is -3.67. The van der Waals surface area contributed by atoms with E-state index in [0.717, 1.165) is 0 Å². The van der Waals surface area contributed by atoms with Gasteiger partial charge in [-0.05, 0) is 24.3 Å². The summed E-state index contributed by atoms with van der Waals surface area (Å²) in [5, 5.41) is 10.1. The number of carbonyl (C=O) groups excluding carboxylic acids is 1. The van der Waals surface area contributed by atoms with Gasteiger partial charge in [0.1, 0.15) is 6.07 Å². The fraction of sp³-hybridized carbons (Fsp3) is 0.267. The molecule has 1 amide bonds. The monoisotopic (exact) mass is 349 g/mol. The predicted molar refractivity (Wildman–Crippen MR) is 86.6 cm³/mol. The van der Waals surface area contributed by atoms with Crippen LogP contribution in [0.3, 0.4) is 0 Å². The first-order chi connectivity index (χ1) is 10.9. The van der Waals surface area contributed by atoms with Crippen LogP contribution in [0.5, 0.6) is 0 Å². The van der Waals surface area contributed by atoms with Gasteiger partial charge < -0.3 is 4.90 Å². The molecule has 0 radical (unpaired) electrons. The van der Waals surface area contributed by atoms with Crippen LogP contribution >= 0.6 is 10.7 Å². The van der Waals surface area contributed by atoms with Gasteiger partial charge in [0.15, 0.2) is 0 Å². The van der Waals surface area contributed by atoms with Crippen molar-refractivity contribution in [1.82, 2.24) is 4.98 Å². The molecule has 6 nitrogen and oxygen atoms in total. The normalized spacial score (nSPS) is 18.3. The van der Waals surface area contributed by atoms with Crippen molar-refractivity contribution in [2.75, 3.05) is 17.2 Å². The lowest BCUT2D eigenvalue weighted by Gasteiger charge is -2.19. The number of benzene rings is 1.